The summed E-state index contributed by atoms with van der Waals surface area (Å²) in [6, 6.07) is 17.9. The Morgan fingerprint density at radius 3 is 0.957 bits per heavy atom. The van der Waals surface area contributed by atoms with Crippen molar-refractivity contribution in [3.05, 3.63) is 59.7 Å². The lowest BCUT2D eigenvalue weighted by atomic mass is 9.85. The van der Waals surface area contributed by atoms with E-state index in [1.165, 1.54) is 22.3 Å². The monoisotopic (exact) mass is 448 g/mol. The molecule has 122 valence electrons. The van der Waals surface area contributed by atoms with Crippen molar-refractivity contribution >= 4 is 41.8 Å². The van der Waals surface area contributed by atoms with E-state index in [0.717, 1.165) is 0 Å². The summed E-state index contributed by atoms with van der Waals surface area (Å²) < 4.78 is 0. The Kier molecular flexibility index (Phi) is 8.33. The second-order valence-corrected chi connectivity index (χ2v) is 15.8. The van der Waals surface area contributed by atoms with E-state index < -0.39 is 0 Å². The quantitative estimate of drug-likeness (QED) is 0.401. The maximum absolute atomic E-state index is 3.20. The Balaban J connectivity index is 0.000000816. The van der Waals surface area contributed by atoms with Gasteiger partial charge in [-0.1, -0.05) is 90.1 Å². The molecule has 0 atom stereocenters. The summed E-state index contributed by atoms with van der Waals surface area (Å²) in [6.07, 6.45) is 0. The van der Waals surface area contributed by atoms with Gasteiger partial charge in [0.1, 0.15) is 0 Å². The maximum Gasteiger partial charge on any atom is 0.560 e. The molecule has 3 heteroatoms. The lowest BCUT2D eigenvalue weighted by Crippen LogP contribution is -2.10. The second kappa shape index (κ2) is 9.03. The van der Waals surface area contributed by atoms with E-state index in [4.69, 9.17) is 0 Å². The molecule has 2 aromatic rings. The standard InChI is InChI=1S/C20H26.2BrH.Mg/c1-19(2,3)17-11-7-15(8-12-17)16-9-13-18(14-10-16)20(4,5)6;;;/h7-14H,1-6H3;2*1H;/q;;;+2/p-2. The van der Waals surface area contributed by atoms with Crippen molar-refractivity contribution in [2.24, 2.45) is 0 Å². The zero-order chi connectivity index (χ0) is 17.7. The molecule has 0 aliphatic rings. The molecule has 0 nitrogen and oxygen atoms in total. The fourth-order valence-corrected chi connectivity index (χ4v) is 2.33. The van der Waals surface area contributed by atoms with Crippen molar-refractivity contribution in [2.75, 3.05) is 0 Å². The summed E-state index contributed by atoms with van der Waals surface area (Å²) in [7, 11) is 0. The summed E-state index contributed by atoms with van der Waals surface area (Å²) in [5.41, 5.74) is 5.78. The molecule has 0 N–H and O–H groups in total. The van der Waals surface area contributed by atoms with Crippen LogP contribution < -0.4 is 0 Å². The molecular formula is C20H26Br2Mg. The highest BCUT2D eigenvalue weighted by Crippen LogP contribution is 2.28. The number of halogens is 2. The minimum Gasteiger partial charge on any atom is -0.280 e. The summed E-state index contributed by atoms with van der Waals surface area (Å²) >= 11 is 6.44. The van der Waals surface area contributed by atoms with Gasteiger partial charge in [0.25, 0.3) is 0 Å². The molecule has 0 aromatic heterocycles. The molecule has 0 unspecified atom stereocenters. The minimum atomic E-state index is 0.0417. The highest BCUT2D eigenvalue weighted by molar-refractivity contribution is 9.47. The predicted octanol–water partition coefficient (Wildman–Crippen LogP) is 7.26. The van der Waals surface area contributed by atoms with Crippen molar-refractivity contribution in [3.63, 3.8) is 0 Å². The van der Waals surface area contributed by atoms with Crippen LogP contribution >= 0.6 is 25.8 Å². The third-order valence-electron chi connectivity index (χ3n) is 3.84. The van der Waals surface area contributed by atoms with Crippen LogP contribution in [-0.4, -0.2) is 16.0 Å². The van der Waals surface area contributed by atoms with Gasteiger partial charge in [-0.05, 0) is 33.1 Å². The van der Waals surface area contributed by atoms with Crippen LogP contribution in [0.5, 0.6) is 0 Å². The van der Waals surface area contributed by atoms with E-state index in [1.54, 1.807) is 0 Å². The summed E-state index contributed by atoms with van der Waals surface area (Å²) in [4.78, 5) is 0. The normalized spacial score (nSPS) is 11.3. The van der Waals surface area contributed by atoms with Crippen LogP contribution in [0.25, 0.3) is 11.1 Å². The van der Waals surface area contributed by atoms with Gasteiger partial charge >= 0.3 is 16.0 Å². The van der Waals surface area contributed by atoms with E-state index in [2.05, 4.69) is 116 Å². The zero-order valence-electron chi connectivity index (χ0n) is 15.1. The molecule has 23 heavy (non-hydrogen) atoms. The third-order valence-corrected chi connectivity index (χ3v) is 3.84. The molecule has 0 radical (unpaired) electrons. The van der Waals surface area contributed by atoms with Gasteiger partial charge in [-0.3, -0.25) is 25.8 Å². The van der Waals surface area contributed by atoms with Crippen LogP contribution in [0.4, 0.5) is 0 Å². The maximum atomic E-state index is 3.20. The molecule has 0 aliphatic carbocycles. The van der Waals surface area contributed by atoms with E-state index in [9.17, 15) is 0 Å². The van der Waals surface area contributed by atoms with Crippen LogP contribution in [0.3, 0.4) is 0 Å². The molecule has 0 bridgehead atoms. The number of hydrogen-bond donors (Lipinski definition) is 0. The molecule has 0 saturated carbocycles. The Bertz CT molecular complexity index is 532. The van der Waals surface area contributed by atoms with Crippen LogP contribution in [0.15, 0.2) is 48.5 Å². The van der Waals surface area contributed by atoms with Crippen LogP contribution in [0, 0.1) is 0 Å². The van der Waals surface area contributed by atoms with E-state index >= 15 is 0 Å². The molecule has 2 aromatic carbocycles. The van der Waals surface area contributed by atoms with Gasteiger partial charge < -0.3 is 0 Å². The fourth-order valence-electron chi connectivity index (χ4n) is 2.33. The Morgan fingerprint density at radius 1 is 0.565 bits per heavy atom. The van der Waals surface area contributed by atoms with Gasteiger partial charge in [0.2, 0.25) is 0 Å². The molecule has 0 amide bonds. The summed E-state index contributed by atoms with van der Waals surface area (Å²) in [5, 5.41) is 0. The Morgan fingerprint density at radius 2 is 0.783 bits per heavy atom. The van der Waals surface area contributed by atoms with Crippen molar-refractivity contribution in [1.82, 2.24) is 0 Å². The zero-order valence-corrected chi connectivity index (χ0v) is 19.7. The Labute approximate surface area is 163 Å². The molecule has 0 fully saturated rings. The smallest absolute Gasteiger partial charge is 0.280 e. The lowest BCUT2D eigenvalue weighted by molar-refractivity contribution is 0.590. The van der Waals surface area contributed by atoms with Crippen LogP contribution in [0.2, 0.25) is 0 Å². The predicted molar refractivity (Wildman–Crippen MR) is 113 cm³/mol. The molecule has 0 saturated heterocycles. The first kappa shape index (κ1) is 21.2. The number of hydrogen-bond acceptors (Lipinski definition) is 0. The summed E-state index contributed by atoms with van der Waals surface area (Å²) in [5.74, 6) is 0. The average molecular weight is 451 g/mol. The first-order valence-electron chi connectivity index (χ1n) is 7.93. The van der Waals surface area contributed by atoms with Crippen molar-refractivity contribution in [3.8, 4) is 11.1 Å². The van der Waals surface area contributed by atoms with Gasteiger partial charge in [-0.2, -0.15) is 0 Å². The lowest BCUT2D eigenvalue weighted by Gasteiger charge is -2.20. The first-order chi connectivity index (χ1) is 10.6. The SMILES string of the molecule is CC(C)(C)c1ccc(-c2ccc(C(C)(C)C)cc2)cc1.[Br][Mg][Br]. The number of rotatable bonds is 1. The van der Waals surface area contributed by atoms with E-state index in [1.807, 2.05) is 0 Å². The highest BCUT2D eigenvalue weighted by atomic mass is 79.9. The second-order valence-electron chi connectivity index (χ2n) is 7.76. The molecule has 0 heterocycles. The summed E-state index contributed by atoms with van der Waals surface area (Å²) in [6.45, 7) is 13.5. The van der Waals surface area contributed by atoms with E-state index in [-0.39, 0.29) is 26.9 Å². The van der Waals surface area contributed by atoms with Gasteiger partial charge in [0.05, 0.1) is 0 Å². The van der Waals surface area contributed by atoms with Crippen molar-refractivity contribution in [1.29, 1.82) is 0 Å². The van der Waals surface area contributed by atoms with Gasteiger partial charge in [0, 0.05) is 0 Å². The molecular weight excluding hydrogens is 424 g/mol. The van der Waals surface area contributed by atoms with Crippen molar-refractivity contribution in [2.45, 2.75) is 52.4 Å². The van der Waals surface area contributed by atoms with Gasteiger partial charge in [-0.25, -0.2) is 0 Å². The Hall–Kier alpha value is 0.166. The van der Waals surface area contributed by atoms with Crippen LogP contribution in [-0.2, 0) is 10.8 Å². The molecule has 0 aliphatic heterocycles. The van der Waals surface area contributed by atoms with Gasteiger partial charge in [-0.15, -0.1) is 0 Å². The van der Waals surface area contributed by atoms with E-state index in [0.29, 0.717) is 0 Å². The molecule has 0 spiro atoms. The largest absolute Gasteiger partial charge is 0.560 e. The third kappa shape index (κ3) is 6.89. The van der Waals surface area contributed by atoms with Gasteiger partial charge in [0.15, 0.2) is 0 Å². The minimum absolute atomic E-state index is 0.0417. The van der Waals surface area contributed by atoms with Crippen molar-refractivity contribution < 1.29 is 0 Å². The fraction of sp³-hybridized carbons (Fsp3) is 0.400. The molecule has 2 rings (SSSR count). The highest BCUT2D eigenvalue weighted by Gasteiger charge is 2.14. The van der Waals surface area contributed by atoms with Crippen LogP contribution in [0.1, 0.15) is 52.7 Å². The average Bonchev–Trinajstić information content (AvgIpc) is 2.47. The number of benzene rings is 2. The topological polar surface area (TPSA) is 0 Å². The first-order valence-corrected chi connectivity index (χ1v) is 15.7.